The molecule has 0 radical (unpaired) electrons. The summed E-state index contributed by atoms with van der Waals surface area (Å²) in [4.78, 5) is 0. The van der Waals surface area contributed by atoms with Crippen LogP contribution in [0.25, 0.3) is 0 Å². The van der Waals surface area contributed by atoms with Gasteiger partial charge in [-0.05, 0) is 52.0 Å². The number of rotatable bonds is 4. The van der Waals surface area contributed by atoms with Gasteiger partial charge in [0.2, 0.25) is 0 Å². The van der Waals surface area contributed by atoms with Gasteiger partial charge in [-0.3, -0.25) is 0 Å². The Morgan fingerprint density at radius 3 is 2.69 bits per heavy atom. The zero-order valence-corrected chi connectivity index (χ0v) is 8.81. The van der Waals surface area contributed by atoms with Crippen LogP contribution in [0.3, 0.4) is 0 Å². The maximum Gasteiger partial charge on any atom is 0.0654 e. The first kappa shape index (κ1) is 9.47. The molecule has 2 fully saturated rings. The minimum Gasteiger partial charge on any atom is -0.377 e. The second-order valence-electron chi connectivity index (χ2n) is 4.82. The van der Waals surface area contributed by atoms with Gasteiger partial charge in [0.1, 0.15) is 0 Å². The molecule has 76 valence electrons. The highest BCUT2D eigenvalue weighted by molar-refractivity contribution is 5.04. The lowest BCUT2D eigenvalue weighted by Crippen LogP contribution is -2.47. The van der Waals surface area contributed by atoms with Crippen LogP contribution in [0.2, 0.25) is 0 Å². The first-order valence-electron chi connectivity index (χ1n) is 5.59. The molecule has 2 heteroatoms. The van der Waals surface area contributed by atoms with Crippen molar-refractivity contribution in [2.24, 2.45) is 5.92 Å². The Labute approximate surface area is 81.0 Å². The van der Waals surface area contributed by atoms with E-state index in [9.17, 15) is 0 Å². The third kappa shape index (κ3) is 2.05. The predicted molar refractivity (Wildman–Crippen MR) is 53.8 cm³/mol. The highest BCUT2D eigenvalue weighted by Crippen LogP contribution is 2.44. The minimum absolute atomic E-state index is 0.365. The van der Waals surface area contributed by atoms with Gasteiger partial charge in [-0.25, -0.2) is 0 Å². The summed E-state index contributed by atoms with van der Waals surface area (Å²) in [5.41, 5.74) is 0.365. The molecule has 0 amide bonds. The predicted octanol–water partition coefficient (Wildman–Crippen LogP) is 1.94. The second-order valence-corrected chi connectivity index (χ2v) is 4.82. The first-order chi connectivity index (χ1) is 6.23. The van der Waals surface area contributed by atoms with Crippen LogP contribution >= 0.6 is 0 Å². The molecule has 1 atom stereocenters. The molecule has 0 bridgehead atoms. The third-order valence-electron chi connectivity index (χ3n) is 3.31. The van der Waals surface area contributed by atoms with Crippen molar-refractivity contribution in [3.63, 3.8) is 0 Å². The molecule has 1 N–H and O–H groups in total. The first-order valence-corrected chi connectivity index (χ1v) is 5.59. The largest absolute Gasteiger partial charge is 0.377 e. The molecule has 2 aliphatic rings. The normalized spacial score (nSPS) is 34.4. The maximum absolute atomic E-state index is 5.77. The Bertz CT molecular complexity index is 169. The average molecular weight is 183 g/mol. The van der Waals surface area contributed by atoms with Crippen LogP contribution in [0.1, 0.15) is 39.5 Å². The highest BCUT2D eigenvalue weighted by Gasteiger charge is 2.46. The summed E-state index contributed by atoms with van der Waals surface area (Å²) < 4.78 is 5.77. The molecule has 2 rings (SSSR count). The van der Waals surface area contributed by atoms with Gasteiger partial charge in [0.05, 0.1) is 12.7 Å². The quantitative estimate of drug-likeness (QED) is 0.719. The van der Waals surface area contributed by atoms with E-state index in [0.29, 0.717) is 11.6 Å². The van der Waals surface area contributed by atoms with Crippen molar-refractivity contribution in [1.82, 2.24) is 5.32 Å². The van der Waals surface area contributed by atoms with Gasteiger partial charge in [0.25, 0.3) is 0 Å². The summed E-state index contributed by atoms with van der Waals surface area (Å²) in [6.45, 7) is 6.36. The van der Waals surface area contributed by atoms with Crippen molar-refractivity contribution >= 4 is 0 Å². The van der Waals surface area contributed by atoms with E-state index in [0.717, 1.165) is 12.5 Å². The number of hydrogen-bond donors (Lipinski definition) is 1. The van der Waals surface area contributed by atoms with Crippen LogP contribution in [0.4, 0.5) is 0 Å². The Balaban J connectivity index is 1.89. The number of ether oxygens (including phenoxy) is 1. The molecule has 1 saturated heterocycles. The van der Waals surface area contributed by atoms with E-state index in [1.54, 1.807) is 0 Å². The Hall–Kier alpha value is -0.0800. The van der Waals surface area contributed by atoms with Gasteiger partial charge in [-0.15, -0.1) is 0 Å². The summed E-state index contributed by atoms with van der Waals surface area (Å²) in [6.07, 6.45) is 5.85. The Morgan fingerprint density at radius 2 is 2.23 bits per heavy atom. The molecule has 0 aromatic rings. The van der Waals surface area contributed by atoms with Crippen LogP contribution in [0.5, 0.6) is 0 Å². The fourth-order valence-electron chi connectivity index (χ4n) is 2.37. The summed E-state index contributed by atoms with van der Waals surface area (Å²) in [7, 11) is 0. The van der Waals surface area contributed by atoms with Crippen LogP contribution in [-0.4, -0.2) is 24.8 Å². The Kier molecular flexibility index (Phi) is 2.61. The van der Waals surface area contributed by atoms with E-state index in [1.807, 2.05) is 0 Å². The van der Waals surface area contributed by atoms with Crippen molar-refractivity contribution in [1.29, 1.82) is 0 Å². The van der Waals surface area contributed by atoms with Gasteiger partial charge >= 0.3 is 0 Å². The van der Waals surface area contributed by atoms with Crippen molar-refractivity contribution in [2.75, 3.05) is 13.2 Å². The molecule has 1 aliphatic carbocycles. The van der Waals surface area contributed by atoms with Gasteiger partial charge in [0, 0.05) is 5.54 Å². The van der Waals surface area contributed by atoms with E-state index >= 15 is 0 Å². The van der Waals surface area contributed by atoms with Crippen molar-refractivity contribution in [3.8, 4) is 0 Å². The third-order valence-corrected chi connectivity index (χ3v) is 3.31. The molecule has 0 aromatic heterocycles. The topological polar surface area (TPSA) is 21.3 Å². The standard InChI is InChI=1S/C11H21NO/c1-9(2)13-8-11(10-4-5-10)6-3-7-12-11/h9-10,12H,3-8H2,1-2H3. The van der Waals surface area contributed by atoms with Crippen molar-refractivity contribution in [3.05, 3.63) is 0 Å². The van der Waals surface area contributed by atoms with Crippen molar-refractivity contribution in [2.45, 2.75) is 51.2 Å². The summed E-state index contributed by atoms with van der Waals surface area (Å²) >= 11 is 0. The lowest BCUT2D eigenvalue weighted by Gasteiger charge is -2.30. The zero-order chi connectivity index (χ0) is 9.31. The summed E-state index contributed by atoms with van der Waals surface area (Å²) in [5.74, 6) is 0.911. The lowest BCUT2D eigenvalue weighted by molar-refractivity contribution is 0.0259. The monoisotopic (exact) mass is 183 g/mol. The molecule has 1 aliphatic heterocycles. The van der Waals surface area contributed by atoms with Gasteiger partial charge < -0.3 is 10.1 Å². The molecule has 13 heavy (non-hydrogen) atoms. The van der Waals surface area contributed by atoms with Crippen LogP contribution in [-0.2, 0) is 4.74 Å². The highest BCUT2D eigenvalue weighted by atomic mass is 16.5. The molecule has 2 nitrogen and oxygen atoms in total. The van der Waals surface area contributed by atoms with E-state index in [2.05, 4.69) is 19.2 Å². The molecule has 0 spiro atoms. The zero-order valence-electron chi connectivity index (χ0n) is 8.81. The molecule has 1 saturated carbocycles. The van der Waals surface area contributed by atoms with E-state index in [1.165, 1.54) is 32.2 Å². The van der Waals surface area contributed by atoms with Gasteiger partial charge in [-0.2, -0.15) is 0 Å². The second kappa shape index (κ2) is 3.58. The van der Waals surface area contributed by atoms with Crippen LogP contribution < -0.4 is 5.32 Å². The summed E-state index contributed by atoms with van der Waals surface area (Å²) in [5, 5.41) is 3.66. The fourth-order valence-corrected chi connectivity index (χ4v) is 2.37. The number of hydrogen-bond acceptors (Lipinski definition) is 2. The lowest BCUT2D eigenvalue weighted by atomic mass is 9.92. The minimum atomic E-state index is 0.365. The molecular formula is C11H21NO. The van der Waals surface area contributed by atoms with E-state index < -0.39 is 0 Å². The summed E-state index contributed by atoms with van der Waals surface area (Å²) in [6, 6.07) is 0. The van der Waals surface area contributed by atoms with Crippen LogP contribution in [0.15, 0.2) is 0 Å². The van der Waals surface area contributed by atoms with Gasteiger partial charge in [-0.1, -0.05) is 0 Å². The molecule has 0 aromatic carbocycles. The van der Waals surface area contributed by atoms with Crippen LogP contribution in [0, 0.1) is 5.92 Å². The maximum atomic E-state index is 5.77. The number of nitrogens with one attached hydrogen (secondary N) is 1. The van der Waals surface area contributed by atoms with E-state index in [-0.39, 0.29) is 0 Å². The molecule has 1 heterocycles. The average Bonchev–Trinajstić information content (AvgIpc) is 2.84. The Morgan fingerprint density at radius 1 is 1.46 bits per heavy atom. The van der Waals surface area contributed by atoms with E-state index in [4.69, 9.17) is 4.74 Å². The van der Waals surface area contributed by atoms with Gasteiger partial charge in [0.15, 0.2) is 0 Å². The molecule has 1 unspecified atom stereocenters. The SMILES string of the molecule is CC(C)OCC1(C2CC2)CCCN1. The fraction of sp³-hybridized carbons (Fsp3) is 1.00. The molecular weight excluding hydrogens is 162 g/mol. The van der Waals surface area contributed by atoms with Crippen molar-refractivity contribution < 1.29 is 4.74 Å². The smallest absolute Gasteiger partial charge is 0.0654 e.